The van der Waals surface area contributed by atoms with E-state index in [1.54, 1.807) is 47.8 Å². The van der Waals surface area contributed by atoms with E-state index in [0.29, 0.717) is 36.3 Å². The van der Waals surface area contributed by atoms with E-state index in [1.165, 1.54) is 4.90 Å². The maximum atomic E-state index is 12.9. The Hall–Kier alpha value is -3.49. The van der Waals surface area contributed by atoms with Crippen molar-refractivity contribution in [2.24, 2.45) is 0 Å². The first-order valence-electron chi connectivity index (χ1n) is 9.45. The molecule has 0 radical (unpaired) electrons. The Morgan fingerprint density at radius 3 is 2.69 bits per heavy atom. The van der Waals surface area contributed by atoms with Crippen molar-refractivity contribution in [2.75, 3.05) is 19.6 Å². The molecular formula is C20H20BN5O3. The number of fused-ring (bicyclic) bond motifs is 1. The summed E-state index contributed by atoms with van der Waals surface area (Å²) in [6.45, 7) is 2.85. The van der Waals surface area contributed by atoms with Crippen molar-refractivity contribution in [2.45, 2.75) is 13.0 Å². The van der Waals surface area contributed by atoms with Gasteiger partial charge in [-0.05, 0) is 25.1 Å². The summed E-state index contributed by atoms with van der Waals surface area (Å²) >= 11 is 0. The van der Waals surface area contributed by atoms with Gasteiger partial charge >= 0.3 is 0 Å². The number of carbonyl (C=O) groups excluding carboxylic acids is 3. The fourth-order valence-corrected chi connectivity index (χ4v) is 3.72. The predicted octanol–water partition coefficient (Wildman–Crippen LogP) is -0.228. The Morgan fingerprint density at radius 1 is 1.14 bits per heavy atom. The predicted molar refractivity (Wildman–Crippen MR) is 110 cm³/mol. The topological polar surface area (TPSA) is 99.3 Å². The third kappa shape index (κ3) is 3.39. The molecule has 0 unspecified atom stereocenters. The number of hydrogen-bond donors (Lipinski definition) is 1. The number of piperazine rings is 1. The van der Waals surface area contributed by atoms with Crippen LogP contribution in [0, 0.1) is 0 Å². The van der Waals surface area contributed by atoms with Crippen molar-refractivity contribution in [1.29, 1.82) is 0 Å². The molecule has 8 nitrogen and oxygen atoms in total. The first-order chi connectivity index (χ1) is 14.0. The van der Waals surface area contributed by atoms with Crippen molar-refractivity contribution in [3.8, 4) is 0 Å². The highest BCUT2D eigenvalue weighted by molar-refractivity contribution is 6.46. The van der Waals surface area contributed by atoms with E-state index in [4.69, 9.17) is 0 Å². The van der Waals surface area contributed by atoms with Crippen molar-refractivity contribution in [1.82, 2.24) is 24.8 Å². The Balaban J connectivity index is 1.49. The number of rotatable bonds is 3. The van der Waals surface area contributed by atoms with Crippen LogP contribution in [0.3, 0.4) is 0 Å². The molecule has 1 aliphatic heterocycles. The molecule has 3 aromatic rings. The maximum Gasteiger partial charge on any atom is 0.295 e. The van der Waals surface area contributed by atoms with Gasteiger partial charge in [-0.25, -0.2) is 0 Å². The SMILES string of the molecule is Bc1nccc2c(C(=O)C(=O)N3CCN(C(=O)c4ccccn4)C[C@@H]3C)c[nH]c12. The van der Waals surface area contributed by atoms with Crippen LogP contribution in [0.2, 0.25) is 0 Å². The zero-order valence-corrected chi connectivity index (χ0v) is 16.3. The lowest BCUT2D eigenvalue weighted by Crippen LogP contribution is -2.56. The van der Waals surface area contributed by atoms with Crippen LogP contribution in [0.1, 0.15) is 27.8 Å². The van der Waals surface area contributed by atoms with E-state index < -0.39 is 11.7 Å². The van der Waals surface area contributed by atoms with Gasteiger partial charge in [-0.15, -0.1) is 0 Å². The Morgan fingerprint density at radius 2 is 1.97 bits per heavy atom. The molecule has 0 bridgehead atoms. The van der Waals surface area contributed by atoms with Gasteiger partial charge in [0, 0.05) is 55.2 Å². The molecule has 1 atom stereocenters. The summed E-state index contributed by atoms with van der Waals surface area (Å²) in [5, 5.41) is 0.687. The van der Waals surface area contributed by atoms with Gasteiger partial charge in [-0.2, -0.15) is 0 Å². The minimum absolute atomic E-state index is 0.171. The summed E-state index contributed by atoms with van der Waals surface area (Å²) in [6, 6.07) is 6.64. The molecule has 2 amide bonds. The molecule has 3 aromatic heterocycles. The van der Waals surface area contributed by atoms with Crippen LogP contribution in [-0.4, -0.2) is 75.9 Å². The standard InChI is InChI=1S/C20H20BN5O3/c1-12-11-25(19(28)15-4-2-3-6-22-15)8-9-26(12)20(29)17(27)14-10-24-16-13(14)5-7-23-18(16)21/h2-7,10,12,24H,8-9,11,21H2,1H3/t12-/m0/s1. The normalized spacial score (nSPS) is 16.8. The highest BCUT2D eigenvalue weighted by atomic mass is 16.2. The average Bonchev–Trinajstić information content (AvgIpc) is 3.18. The molecule has 146 valence electrons. The lowest BCUT2D eigenvalue weighted by atomic mass is 9.99. The number of hydrogen-bond acceptors (Lipinski definition) is 5. The van der Waals surface area contributed by atoms with Gasteiger partial charge in [0.05, 0.1) is 11.1 Å². The summed E-state index contributed by atoms with van der Waals surface area (Å²) in [4.78, 5) is 52.9. The van der Waals surface area contributed by atoms with Gasteiger partial charge in [0.15, 0.2) is 7.85 Å². The highest BCUT2D eigenvalue weighted by Gasteiger charge is 2.34. The quantitative estimate of drug-likeness (QED) is 0.379. The molecule has 1 saturated heterocycles. The molecule has 9 heteroatoms. The summed E-state index contributed by atoms with van der Waals surface area (Å²) < 4.78 is 0. The van der Waals surface area contributed by atoms with Crippen LogP contribution in [0.15, 0.2) is 42.9 Å². The molecule has 0 aliphatic carbocycles. The second-order valence-electron chi connectivity index (χ2n) is 7.16. The smallest absolute Gasteiger partial charge is 0.295 e. The van der Waals surface area contributed by atoms with Crippen molar-refractivity contribution in [3.05, 3.63) is 54.1 Å². The first-order valence-corrected chi connectivity index (χ1v) is 9.45. The Labute approximate surface area is 168 Å². The lowest BCUT2D eigenvalue weighted by Gasteiger charge is -2.39. The lowest BCUT2D eigenvalue weighted by molar-refractivity contribution is -0.130. The molecular weight excluding hydrogens is 369 g/mol. The summed E-state index contributed by atoms with van der Waals surface area (Å²) in [7, 11) is 1.84. The van der Waals surface area contributed by atoms with Gasteiger partial charge in [-0.1, -0.05) is 6.07 Å². The Kier molecular flexibility index (Phi) is 4.88. The van der Waals surface area contributed by atoms with Crippen molar-refractivity contribution >= 4 is 41.9 Å². The maximum absolute atomic E-state index is 12.9. The number of amides is 2. The van der Waals surface area contributed by atoms with Gasteiger partial charge in [0.25, 0.3) is 17.6 Å². The second-order valence-corrected chi connectivity index (χ2v) is 7.16. The minimum atomic E-state index is -0.558. The summed E-state index contributed by atoms with van der Waals surface area (Å²) in [6.07, 6.45) is 4.76. The van der Waals surface area contributed by atoms with Gasteiger partial charge < -0.3 is 14.8 Å². The third-order valence-electron chi connectivity index (χ3n) is 5.29. The molecule has 4 rings (SSSR count). The number of Topliss-reactive ketones (excluding diaryl/α,β-unsaturated/α-hetero) is 1. The van der Waals surface area contributed by atoms with Gasteiger partial charge in [0.1, 0.15) is 5.69 Å². The van der Waals surface area contributed by atoms with E-state index in [2.05, 4.69) is 15.0 Å². The number of H-pyrrole nitrogens is 1. The number of nitrogens with one attached hydrogen (secondary N) is 1. The van der Waals surface area contributed by atoms with Crippen LogP contribution in [0.25, 0.3) is 10.9 Å². The van der Waals surface area contributed by atoms with Crippen molar-refractivity contribution < 1.29 is 14.4 Å². The monoisotopic (exact) mass is 389 g/mol. The molecule has 0 saturated carbocycles. The highest BCUT2D eigenvalue weighted by Crippen LogP contribution is 2.19. The molecule has 1 aliphatic rings. The number of carbonyl (C=O) groups is 3. The van der Waals surface area contributed by atoms with Crippen LogP contribution < -0.4 is 5.59 Å². The molecule has 0 aromatic carbocycles. The third-order valence-corrected chi connectivity index (χ3v) is 5.29. The number of ketones is 1. The molecule has 1 N–H and O–H groups in total. The van der Waals surface area contributed by atoms with Gasteiger partial charge in [-0.3, -0.25) is 24.4 Å². The van der Waals surface area contributed by atoms with Crippen LogP contribution in [0.4, 0.5) is 0 Å². The van der Waals surface area contributed by atoms with Crippen LogP contribution in [-0.2, 0) is 4.79 Å². The zero-order chi connectivity index (χ0) is 20.5. The van der Waals surface area contributed by atoms with E-state index in [-0.39, 0.29) is 11.9 Å². The molecule has 29 heavy (non-hydrogen) atoms. The fraction of sp³-hybridized carbons (Fsp3) is 0.250. The minimum Gasteiger partial charge on any atom is -0.360 e. The largest absolute Gasteiger partial charge is 0.360 e. The van der Waals surface area contributed by atoms with Crippen LogP contribution in [0.5, 0.6) is 0 Å². The fourth-order valence-electron chi connectivity index (χ4n) is 3.72. The number of aromatic amines is 1. The summed E-state index contributed by atoms with van der Waals surface area (Å²) in [5.74, 6) is -1.29. The van der Waals surface area contributed by atoms with E-state index in [9.17, 15) is 14.4 Å². The number of pyridine rings is 2. The molecule has 4 heterocycles. The van der Waals surface area contributed by atoms with Gasteiger partial charge in [0.2, 0.25) is 0 Å². The van der Waals surface area contributed by atoms with Crippen LogP contribution >= 0.6 is 0 Å². The summed E-state index contributed by atoms with van der Waals surface area (Å²) in [5.41, 5.74) is 2.24. The van der Waals surface area contributed by atoms with E-state index in [1.807, 2.05) is 14.8 Å². The number of nitrogens with zero attached hydrogens (tertiary/aromatic N) is 4. The first kappa shape index (κ1) is 18.9. The molecule has 0 spiro atoms. The Bertz CT molecular complexity index is 1100. The molecule has 1 fully saturated rings. The van der Waals surface area contributed by atoms with Crippen molar-refractivity contribution in [3.63, 3.8) is 0 Å². The number of aromatic nitrogens is 3. The average molecular weight is 389 g/mol. The zero-order valence-electron chi connectivity index (χ0n) is 16.3. The second kappa shape index (κ2) is 7.50. The van der Waals surface area contributed by atoms with E-state index >= 15 is 0 Å². The van der Waals surface area contributed by atoms with E-state index in [0.717, 1.165) is 11.1 Å².